The van der Waals surface area contributed by atoms with Crippen LogP contribution in [0, 0.1) is 0 Å². The molecule has 1 amide bonds. The molecule has 0 saturated carbocycles. The maximum atomic E-state index is 14.0. The molecular weight excluding hydrogens is 564 g/mol. The topological polar surface area (TPSA) is 130 Å². The second kappa shape index (κ2) is 12.0. The number of amides is 1. The van der Waals surface area contributed by atoms with Gasteiger partial charge in [0.15, 0.2) is 0 Å². The van der Waals surface area contributed by atoms with Gasteiger partial charge in [-0.3, -0.25) is 9.10 Å². The van der Waals surface area contributed by atoms with E-state index in [-0.39, 0.29) is 19.1 Å². The van der Waals surface area contributed by atoms with Gasteiger partial charge in [0.2, 0.25) is 26.0 Å². The molecule has 0 aromatic heterocycles. The van der Waals surface area contributed by atoms with E-state index in [0.717, 1.165) is 17.4 Å². The van der Waals surface area contributed by atoms with Gasteiger partial charge in [-0.2, -0.15) is 4.31 Å². The first-order valence-electron chi connectivity index (χ1n) is 13.8. The van der Waals surface area contributed by atoms with Crippen LogP contribution in [-0.4, -0.2) is 95.4 Å². The first-order chi connectivity index (χ1) is 19.1. The van der Waals surface area contributed by atoms with Crippen molar-refractivity contribution in [2.24, 2.45) is 5.73 Å². The number of hydrogen-bond acceptors (Lipinski definition) is 7. The standard InChI is InChI=1S/C29H42N4O6S2/c1-28(2,30)21-32(40(3,35)36)26(20-39-19-14-23-10-6-5-7-11-23)27(34)31-17-15-29(16-18-31)22-33(41(4,37)38)25-13-9-8-12-24(25)29/h5-13,26H,14-22,30H2,1-4H3/t26-/m1/s1. The molecule has 2 N–H and O–H groups in total. The lowest BCUT2D eigenvalue weighted by Crippen LogP contribution is -2.59. The molecule has 2 aliphatic heterocycles. The summed E-state index contributed by atoms with van der Waals surface area (Å²) in [7, 11) is -7.27. The van der Waals surface area contributed by atoms with Crippen molar-refractivity contribution in [3.63, 3.8) is 0 Å². The largest absolute Gasteiger partial charge is 0.379 e. The lowest BCUT2D eigenvalue weighted by Gasteiger charge is -2.42. The average molecular weight is 607 g/mol. The highest BCUT2D eigenvalue weighted by Gasteiger charge is 2.48. The maximum absolute atomic E-state index is 14.0. The van der Waals surface area contributed by atoms with Gasteiger partial charge in [0.25, 0.3) is 0 Å². The minimum Gasteiger partial charge on any atom is -0.379 e. The summed E-state index contributed by atoms with van der Waals surface area (Å²) in [6.07, 6.45) is 4.05. The lowest BCUT2D eigenvalue weighted by atomic mass is 9.74. The van der Waals surface area contributed by atoms with Crippen LogP contribution in [0.2, 0.25) is 0 Å². The van der Waals surface area contributed by atoms with Crippen LogP contribution in [0.25, 0.3) is 0 Å². The SMILES string of the molecule is CC(C)(N)CN([C@H](COCCc1ccccc1)C(=O)N1CCC2(CC1)CN(S(C)(=O)=O)c1ccccc12)S(C)(=O)=O. The molecular formula is C29H42N4O6S2. The smallest absolute Gasteiger partial charge is 0.243 e. The van der Waals surface area contributed by atoms with E-state index in [9.17, 15) is 21.6 Å². The molecule has 2 aromatic rings. The van der Waals surface area contributed by atoms with E-state index in [1.165, 1.54) is 14.9 Å². The minimum absolute atomic E-state index is 0.0429. The van der Waals surface area contributed by atoms with Crippen LogP contribution in [0.3, 0.4) is 0 Å². The van der Waals surface area contributed by atoms with E-state index in [4.69, 9.17) is 10.5 Å². The Balaban J connectivity index is 1.52. The molecule has 12 heteroatoms. The number of fused-ring (bicyclic) bond motifs is 2. The predicted octanol–water partition coefficient (Wildman–Crippen LogP) is 1.95. The first-order valence-corrected chi connectivity index (χ1v) is 17.5. The number of carbonyl (C=O) groups excluding carboxylic acids is 1. The van der Waals surface area contributed by atoms with Crippen LogP contribution in [0.5, 0.6) is 0 Å². The van der Waals surface area contributed by atoms with Gasteiger partial charge in [-0.05, 0) is 50.3 Å². The number of anilines is 1. The zero-order chi connectivity index (χ0) is 30.1. The molecule has 0 aliphatic carbocycles. The van der Waals surface area contributed by atoms with Gasteiger partial charge in [0, 0.05) is 37.1 Å². The molecule has 4 rings (SSSR count). The zero-order valence-electron chi connectivity index (χ0n) is 24.3. The molecule has 2 aromatic carbocycles. The summed E-state index contributed by atoms with van der Waals surface area (Å²) < 4.78 is 59.6. The Bertz CT molecular complexity index is 1430. The zero-order valence-corrected chi connectivity index (χ0v) is 26.0. The number of nitrogens with two attached hydrogens (primary N) is 1. The molecule has 1 atom stereocenters. The Morgan fingerprint density at radius 1 is 1.02 bits per heavy atom. The fraction of sp³-hybridized carbons (Fsp3) is 0.552. The Kier molecular flexibility index (Phi) is 9.20. The molecule has 2 heterocycles. The van der Waals surface area contributed by atoms with Gasteiger partial charge < -0.3 is 15.4 Å². The molecule has 0 bridgehead atoms. The van der Waals surface area contributed by atoms with Crippen LogP contribution in [0.4, 0.5) is 5.69 Å². The first kappa shape index (κ1) is 31.4. The normalized spacial score (nSPS) is 18.1. The summed E-state index contributed by atoms with van der Waals surface area (Å²) >= 11 is 0. The predicted molar refractivity (Wildman–Crippen MR) is 161 cm³/mol. The van der Waals surface area contributed by atoms with Gasteiger partial charge in [0.05, 0.1) is 31.4 Å². The number of para-hydroxylation sites is 1. The van der Waals surface area contributed by atoms with E-state index in [0.29, 0.717) is 51.2 Å². The highest BCUT2D eigenvalue weighted by Crippen LogP contribution is 2.47. The Morgan fingerprint density at radius 2 is 1.63 bits per heavy atom. The van der Waals surface area contributed by atoms with E-state index in [1.54, 1.807) is 18.7 Å². The van der Waals surface area contributed by atoms with Gasteiger partial charge in [-0.25, -0.2) is 16.8 Å². The summed E-state index contributed by atoms with van der Waals surface area (Å²) in [4.78, 5) is 15.7. The molecule has 0 unspecified atom stereocenters. The molecule has 2 aliphatic rings. The molecule has 1 spiro atoms. The monoisotopic (exact) mass is 606 g/mol. The highest BCUT2D eigenvalue weighted by atomic mass is 32.2. The van der Waals surface area contributed by atoms with Crippen molar-refractivity contribution in [3.05, 3.63) is 65.7 Å². The summed E-state index contributed by atoms with van der Waals surface area (Å²) in [6, 6.07) is 16.3. The number of rotatable bonds is 11. The maximum Gasteiger partial charge on any atom is 0.243 e. The Labute approximate surface area is 244 Å². The number of nitrogens with zero attached hydrogens (tertiary/aromatic N) is 3. The van der Waals surface area contributed by atoms with Crippen molar-refractivity contribution in [2.45, 2.75) is 50.1 Å². The van der Waals surface area contributed by atoms with Gasteiger partial charge >= 0.3 is 0 Å². The fourth-order valence-corrected chi connectivity index (χ4v) is 8.02. The minimum atomic E-state index is -3.80. The van der Waals surface area contributed by atoms with Crippen LogP contribution < -0.4 is 10.0 Å². The number of piperidine rings is 1. The Hall–Kier alpha value is -2.51. The quantitative estimate of drug-likeness (QED) is 0.387. The number of benzene rings is 2. The van der Waals surface area contributed by atoms with E-state index >= 15 is 0 Å². The van der Waals surface area contributed by atoms with Crippen molar-refractivity contribution in [3.8, 4) is 0 Å². The van der Waals surface area contributed by atoms with Gasteiger partial charge in [-0.1, -0.05) is 48.5 Å². The third-order valence-electron chi connectivity index (χ3n) is 7.90. The number of carbonyl (C=O) groups is 1. The van der Waals surface area contributed by atoms with Crippen molar-refractivity contribution in [1.29, 1.82) is 0 Å². The van der Waals surface area contributed by atoms with Crippen molar-refractivity contribution in [2.75, 3.05) is 56.2 Å². The van der Waals surface area contributed by atoms with Crippen molar-refractivity contribution >= 4 is 31.6 Å². The number of ether oxygens (including phenoxy) is 1. The highest BCUT2D eigenvalue weighted by molar-refractivity contribution is 7.92. The van der Waals surface area contributed by atoms with Crippen molar-refractivity contribution in [1.82, 2.24) is 9.21 Å². The van der Waals surface area contributed by atoms with Crippen LogP contribution >= 0.6 is 0 Å². The number of hydrogen-bond donors (Lipinski definition) is 1. The number of likely N-dealkylation sites (tertiary alicyclic amines) is 1. The Morgan fingerprint density at radius 3 is 2.22 bits per heavy atom. The van der Waals surface area contributed by atoms with Crippen LogP contribution in [0.1, 0.15) is 37.8 Å². The van der Waals surface area contributed by atoms with Gasteiger partial charge in [-0.15, -0.1) is 0 Å². The van der Waals surface area contributed by atoms with Gasteiger partial charge in [0.1, 0.15) is 6.04 Å². The fourth-order valence-electron chi connectivity index (χ4n) is 5.84. The van der Waals surface area contributed by atoms with E-state index < -0.39 is 37.0 Å². The molecule has 1 fully saturated rings. The average Bonchev–Trinajstić information content (AvgIpc) is 3.22. The van der Waals surface area contributed by atoms with E-state index in [1.807, 2.05) is 54.6 Å². The molecule has 41 heavy (non-hydrogen) atoms. The van der Waals surface area contributed by atoms with Crippen molar-refractivity contribution < 1.29 is 26.4 Å². The molecule has 226 valence electrons. The lowest BCUT2D eigenvalue weighted by molar-refractivity contribution is -0.139. The number of sulfonamides is 2. The second-order valence-corrected chi connectivity index (χ2v) is 15.9. The third-order valence-corrected chi connectivity index (χ3v) is 10.3. The summed E-state index contributed by atoms with van der Waals surface area (Å²) in [6.45, 7) is 4.70. The summed E-state index contributed by atoms with van der Waals surface area (Å²) in [5.41, 5.74) is 7.69. The third kappa shape index (κ3) is 7.47. The second-order valence-electron chi connectivity index (χ2n) is 12.0. The van der Waals surface area contributed by atoms with Crippen LogP contribution in [-0.2, 0) is 41.4 Å². The molecule has 0 radical (unpaired) electrons. The molecule has 1 saturated heterocycles. The molecule has 10 nitrogen and oxygen atoms in total. The van der Waals surface area contributed by atoms with E-state index in [2.05, 4.69) is 0 Å². The van der Waals surface area contributed by atoms with Crippen LogP contribution in [0.15, 0.2) is 54.6 Å². The summed E-state index contributed by atoms with van der Waals surface area (Å²) in [5.74, 6) is -0.333. The summed E-state index contributed by atoms with van der Waals surface area (Å²) in [5, 5.41) is 0.